The Labute approximate surface area is 149 Å². The Balaban J connectivity index is 1.42. The number of carbonyl (C=O) groups is 1. The zero-order valence-corrected chi connectivity index (χ0v) is 14.8. The second kappa shape index (κ2) is 8.67. The lowest BCUT2D eigenvalue weighted by atomic mass is 10.0. The first-order chi connectivity index (χ1) is 12.2. The van der Waals surface area contributed by atoms with Crippen LogP contribution in [0.3, 0.4) is 0 Å². The van der Waals surface area contributed by atoms with Crippen LogP contribution in [0.5, 0.6) is 0 Å². The van der Waals surface area contributed by atoms with E-state index in [9.17, 15) is 4.79 Å². The molecule has 3 rings (SSSR count). The van der Waals surface area contributed by atoms with E-state index in [0.29, 0.717) is 19.7 Å². The summed E-state index contributed by atoms with van der Waals surface area (Å²) in [6.45, 7) is 2.56. The zero-order valence-electron chi connectivity index (χ0n) is 14.8. The highest BCUT2D eigenvalue weighted by molar-refractivity contribution is 5.73. The van der Waals surface area contributed by atoms with Crippen LogP contribution < -0.4 is 5.32 Å². The molecule has 0 bridgehead atoms. The number of carbonyl (C=O) groups excluding carboxylic acids is 1. The molecule has 1 N–H and O–H groups in total. The first-order valence-corrected chi connectivity index (χ1v) is 8.93. The summed E-state index contributed by atoms with van der Waals surface area (Å²) in [5.74, 6) is 0.761. The van der Waals surface area contributed by atoms with Crippen LogP contribution >= 0.6 is 0 Å². The minimum absolute atomic E-state index is 0.0674. The molecule has 1 aliphatic carbocycles. The van der Waals surface area contributed by atoms with Crippen molar-refractivity contribution in [2.24, 2.45) is 5.92 Å². The van der Waals surface area contributed by atoms with Gasteiger partial charge in [-0.05, 0) is 35.4 Å². The van der Waals surface area contributed by atoms with Gasteiger partial charge < -0.3 is 15.0 Å². The Kier molecular flexibility index (Phi) is 6.07. The predicted molar refractivity (Wildman–Crippen MR) is 100 cm³/mol. The Morgan fingerprint density at radius 3 is 2.44 bits per heavy atom. The van der Waals surface area contributed by atoms with Crippen LogP contribution in [-0.4, -0.2) is 37.7 Å². The molecule has 0 radical (unpaired) electrons. The summed E-state index contributed by atoms with van der Waals surface area (Å²) in [5, 5.41) is 2.90. The normalized spacial score (nSPS) is 13.5. The number of benzene rings is 2. The molecular formula is C21H26N2O2. The summed E-state index contributed by atoms with van der Waals surface area (Å²) < 4.78 is 5.53. The summed E-state index contributed by atoms with van der Waals surface area (Å²) >= 11 is 0. The van der Waals surface area contributed by atoms with Crippen molar-refractivity contribution in [2.45, 2.75) is 19.4 Å². The van der Waals surface area contributed by atoms with E-state index in [1.165, 1.54) is 24.0 Å². The van der Waals surface area contributed by atoms with Crippen molar-refractivity contribution in [1.82, 2.24) is 10.2 Å². The smallest absolute Gasteiger partial charge is 0.317 e. The van der Waals surface area contributed by atoms with E-state index in [-0.39, 0.29) is 6.03 Å². The second-order valence-electron chi connectivity index (χ2n) is 6.67. The van der Waals surface area contributed by atoms with E-state index in [4.69, 9.17) is 4.74 Å². The van der Waals surface area contributed by atoms with E-state index in [1.54, 1.807) is 4.90 Å². The zero-order chi connectivity index (χ0) is 17.5. The molecule has 0 spiro atoms. The van der Waals surface area contributed by atoms with Gasteiger partial charge in [0.05, 0.1) is 6.61 Å². The fraction of sp³-hybridized carbons (Fsp3) is 0.381. The maximum absolute atomic E-state index is 12.1. The number of hydrogen-bond donors (Lipinski definition) is 1. The molecule has 0 unspecified atom stereocenters. The van der Waals surface area contributed by atoms with Crippen LogP contribution in [0.25, 0.3) is 11.1 Å². The van der Waals surface area contributed by atoms with Crippen molar-refractivity contribution in [2.75, 3.05) is 26.8 Å². The predicted octanol–water partition coefficient (Wildman–Crippen LogP) is 3.92. The van der Waals surface area contributed by atoms with Crippen molar-refractivity contribution >= 4 is 6.03 Å². The summed E-state index contributed by atoms with van der Waals surface area (Å²) in [4.78, 5) is 13.8. The molecule has 2 aromatic rings. The fourth-order valence-electron chi connectivity index (χ4n) is 2.68. The van der Waals surface area contributed by atoms with Crippen LogP contribution in [-0.2, 0) is 11.3 Å². The molecule has 4 heteroatoms. The van der Waals surface area contributed by atoms with Crippen molar-refractivity contribution in [3.05, 3.63) is 60.2 Å². The molecule has 1 aliphatic rings. The average molecular weight is 338 g/mol. The van der Waals surface area contributed by atoms with Gasteiger partial charge >= 0.3 is 6.03 Å². The van der Waals surface area contributed by atoms with Crippen LogP contribution in [0.4, 0.5) is 4.79 Å². The van der Waals surface area contributed by atoms with Crippen LogP contribution in [0.15, 0.2) is 54.6 Å². The third-order valence-corrected chi connectivity index (χ3v) is 4.40. The standard InChI is InChI=1S/C21H26N2O2/c1-23(21(24)22-13-14-25-16-18-7-8-18)15-17-9-11-20(12-10-17)19-5-3-2-4-6-19/h2-6,9-12,18H,7-8,13-16H2,1H3,(H,22,24). The molecule has 2 aromatic carbocycles. The average Bonchev–Trinajstić information content (AvgIpc) is 3.47. The van der Waals surface area contributed by atoms with Crippen molar-refractivity contribution in [3.8, 4) is 11.1 Å². The van der Waals surface area contributed by atoms with E-state index >= 15 is 0 Å². The molecule has 132 valence electrons. The Morgan fingerprint density at radius 1 is 1.08 bits per heavy atom. The first-order valence-electron chi connectivity index (χ1n) is 8.93. The molecule has 0 aromatic heterocycles. The highest BCUT2D eigenvalue weighted by atomic mass is 16.5. The van der Waals surface area contributed by atoms with Gasteiger partial charge in [-0.1, -0.05) is 54.6 Å². The van der Waals surface area contributed by atoms with Crippen LogP contribution in [0.2, 0.25) is 0 Å². The van der Waals surface area contributed by atoms with Crippen molar-refractivity contribution < 1.29 is 9.53 Å². The van der Waals surface area contributed by atoms with Gasteiger partial charge in [0.15, 0.2) is 0 Å². The second-order valence-corrected chi connectivity index (χ2v) is 6.67. The minimum Gasteiger partial charge on any atom is -0.379 e. The summed E-state index contributed by atoms with van der Waals surface area (Å²) in [7, 11) is 1.81. The molecule has 0 saturated heterocycles. The Hall–Kier alpha value is -2.33. The quantitative estimate of drug-likeness (QED) is 0.741. The van der Waals surface area contributed by atoms with E-state index in [1.807, 2.05) is 25.2 Å². The number of urea groups is 1. The molecular weight excluding hydrogens is 312 g/mol. The summed E-state index contributed by atoms with van der Waals surface area (Å²) in [6, 6.07) is 18.6. The highest BCUT2D eigenvalue weighted by Crippen LogP contribution is 2.28. The minimum atomic E-state index is -0.0674. The van der Waals surface area contributed by atoms with Gasteiger partial charge in [-0.15, -0.1) is 0 Å². The number of amides is 2. The maximum atomic E-state index is 12.1. The number of nitrogens with zero attached hydrogens (tertiary/aromatic N) is 1. The Morgan fingerprint density at radius 2 is 1.76 bits per heavy atom. The largest absolute Gasteiger partial charge is 0.379 e. The van der Waals surface area contributed by atoms with Crippen LogP contribution in [0, 0.1) is 5.92 Å². The molecule has 2 amide bonds. The van der Waals surface area contributed by atoms with E-state index in [2.05, 4.69) is 41.7 Å². The van der Waals surface area contributed by atoms with Gasteiger partial charge in [0.2, 0.25) is 0 Å². The number of ether oxygens (including phenoxy) is 1. The monoisotopic (exact) mass is 338 g/mol. The SMILES string of the molecule is CN(Cc1ccc(-c2ccccc2)cc1)C(=O)NCCOCC1CC1. The first kappa shape index (κ1) is 17.5. The third-order valence-electron chi connectivity index (χ3n) is 4.40. The molecule has 0 aliphatic heterocycles. The van der Waals surface area contributed by atoms with Gasteiger partial charge in [-0.3, -0.25) is 0 Å². The van der Waals surface area contributed by atoms with Gasteiger partial charge in [-0.25, -0.2) is 4.79 Å². The molecule has 1 fully saturated rings. The Bertz CT molecular complexity index is 666. The lowest BCUT2D eigenvalue weighted by Gasteiger charge is -2.18. The van der Waals surface area contributed by atoms with E-state index < -0.39 is 0 Å². The van der Waals surface area contributed by atoms with Gasteiger partial charge in [0.1, 0.15) is 0 Å². The molecule has 4 nitrogen and oxygen atoms in total. The van der Waals surface area contributed by atoms with E-state index in [0.717, 1.165) is 18.1 Å². The maximum Gasteiger partial charge on any atom is 0.317 e. The number of rotatable bonds is 8. The summed E-state index contributed by atoms with van der Waals surface area (Å²) in [5.41, 5.74) is 3.50. The molecule has 0 atom stereocenters. The number of hydrogen-bond acceptors (Lipinski definition) is 2. The lowest BCUT2D eigenvalue weighted by molar-refractivity contribution is 0.125. The molecule has 25 heavy (non-hydrogen) atoms. The van der Waals surface area contributed by atoms with Gasteiger partial charge in [0, 0.05) is 26.7 Å². The highest BCUT2D eigenvalue weighted by Gasteiger charge is 2.20. The lowest BCUT2D eigenvalue weighted by Crippen LogP contribution is -2.38. The van der Waals surface area contributed by atoms with Gasteiger partial charge in [-0.2, -0.15) is 0 Å². The van der Waals surface area contributed by atoms with Crippen molar-refractivity contribution in [1.29, 1.82) is 0 Å². The van der Waals surface area contributed by atoms with Crippen molar-refractivity contribution in [3.63, 3.8) is 0 Å². The topological polar surface area (TPSA) is 41.6 Å². The molecule has 1 saturated carbocycles. The third kappa shape index (κ3) is 5.61. The number of nitrogens with one attached hydrogen (secondary N) is 1. The summed E-state index contributed by atoms with van der Waals surface area (Å²) in [6.07, 6.45) is 2.58. The fourth-order valence-corrected chi connectivity index (χ4v) is 2.68. The molecule has 0 heterocycles. The van der Waals surface area contributed by atoms with Crippen LogP contribution in [0.1, 0.15) is 18.4 Å². The van der Waals surface area contributed by atoms with Gasteiger partial charge in [0.25, 0.3) is 0 Å².